The van der Waals surface area contributed by atoms with Crippen LogP contribution in [-0.2, 0) is 9.84 Å². The van der Waals surface area contributed by atoms with Crippen LogP contribution in [0.5, 0.6) is 5.75 Å². The molecule has 0 radical (unpaired) electrons. The van der Waals surface area contributed by atoms with Crippen LogP contribution in [0.15, 0.2) is 23.1 Å². The van der Waals surface area contributed by atoms with Gasteiger partial charge in [-0.05, 0) is 24.6 Å². The van der Waals surface area contributed by atoms with Gasteiger partial charge in [0.15, 0.2) is 9.84 Å². The lowest BCUT2D eigenvalue weighted by Gasteiger charge is -2.05. The first-order valence-electron chi connectivity index (χ1n) is 3.80. The molecule has 0 unspecified atom stereocenters. The van der Waals surface area contributed by atoms with Gasteiger partial charge in [0.25, 0.3) is 0 Å². The minimum absolute atomic E-state index is 0.287. The monoisotopic (exact) mass is 200 g/mol. The van der Waals surface area contributed by atoms with Crippen LogP contribution in [0.25, 0.3) is 0 Å². The van der Waals surface area contributed by atoms with Crippen molar-refractivity contribution >= 4 is 9.84 Å². The van der Waals surface area contributed by atoms with Gasteiger partial charge in [-0.1, -0.05) is 6.07 Å². The molecule has 4 heteroatoms. The number of ether oxygens (including phenoxy) is 1. The van der Waals surface area contributed by atoms with Gasteiger partial charge in [0.1, 0.15) is 5.75 Å². The average molecular weight is 200 g/mol. The minimum Gasteiger partial charge on any atom is -0.496 e. The molecule has 0 fully saturated rings. The van der Waals surface area contributed by atoms with Gasteiger partial charge in [-0.3, -0.25) is 0 Å². The summed E-state index contributed by atoms with van der Waals surface area (Å²) < 4.78 is 27.3. The van der Waals surface area contributed by atoms with Gasteiger partial charge in [-0.15, -0.1) is 0 Å². The standard InChI is InChI=1S/C9H12O3S/c1-7-4-5-8(13(3,10)11)6-9(7)12-2/h4-6H,1-3H3. The molecule has 0 aliphatic heterocycles. The predicted octanol–water partition coefficient (Wildman–Crippen LogP) is 1.41. The molecule has 1 rings (SSSR count). The van der Waals surface area contributed by atoms with E-state index in [1.165, 1.54) is 19.4 Å². The highest BCUT2D eigenvalue weighted by molar-refractivity contribution is 7.90. The zero-order valence-corrected chi connectivity index (χ0v) is 8.68. The normalized spacial score (nSPS) is 11.3. The fourth-order valence-corrected chi connectivity index (χ4v) is 1.67. The molecule has 0 aliphatic carbocycles. The Kier molecular flexibility index (Phi) is 2.61. The Bertz CT molecular complexity index is 407. The summed E-state index contributed by atoms with van der Waals surface area (Å²) in [5, 5.41) is 0. The lowest BCUT2D eigenvalue weighted by Crippen LogP contribution is -1.98. The molecule has 0 bridgehead atoms. The van der Waals surface area contributed by atoms with E-state index in [-0.39, 0.29) is 4.90 Å². The molecule has 1 aromatic carbocycles. The maximum absolute atomic E-state index is 11.2. The summed E-state index contributed by atoms with van der Waals surface area (Å²) >= 11 is 0. The van der Waals surface area contributed by atoms with Gasteiger partial charge in [-0.2, -0.15) is 0 Å². The summed E-state index contributed by atoms with van der Waals surface area (Å²) in [5.74, 6) is 0.600. The Morgan fingerprint density at radius 2 is 1.92 bits per heavy atom. The first kappa shape index (κ1) is 10.1. The molecule has 0 amide bonds. The van der Waals surface area contributed by atoms with Crippen molar-refractivity contribution in [3.63, 3.8) is 0 Å². The lowest BCUT2D eigenvalue weighted by atomic mass is 10.2. The highest BCUT2D eigenvalue weighted by atomic mass is 32.2. The highest BCUT2D eigenvalue weighted by Crippen LogP contribution is 2.21. The number of rotatable bonds is 2. The Hall–Kier alpha value is -1.03. The fraction of sp³-hybridized carbons (Fsp3) is 0.333. The van der Waals surface area contributed by atoms with Gasteiger partial charge in [0.05, 0.1) is 12.0 Å². The quantitative estimate of drug-likeness (QED) is 0.725. The molecule has 1 aromatic rings. The summed E-state index contributed by atoms with van der Waals surface area (Å²) in [6.45, 7) is 1.87. The number of hydrogen-bond donors (Lipinski definition) is 0. The Labute approximate surface area is 78.3 Å². The Morgan fingerprint density at radius 1 is 1.31 bits per heavy atom. The number of benzene rings is 1. The van der Waals surface area contributed by atoms with Crippen molar-refractivity contribution in [1.29, 1.82) is 0 Å². The van der Waals surface area contributed by atoms with Crippen LogP contribution < -0.4 is 4.74 Å². The first-order chi connectivity index (χ1) is 5.95. The fourth-order valence-electron chi connectivity index (χ4n) is 1.03. The van der Waals surface area contributed by atoms with E-state index >= 15 is 0 Å². The smallest absolute Gasteiger partial charge is 0.175 e. The molecule has 0 atom stereocenters. The highest BCUT2D eigenvalue weighted by Gasteiger charge is 2.08. The zero-order chi connectivity index (χ0) is 10.1. The van der Waals surface area contributed by atoms with Crippen LogP contribution in [0.4, 0.5) is 0 Å². The SMILES string of the molecule is COc1cc(S(C)(=O)=O)ccc1C. The third-order valence-corrected chi connectivity index (χ3v) is 2.92. The number of aryl methyl sites for hydroxylation is 1. The maximum atomic E-state index is 11.2. The molecule has 0 saturated carbocycles. The van der Waals surface area contributed by atoms with Crippen molar-refractivity contribution in [2.45, 2.75) is 11.8 Å². The van der Waals surface area contributed by atoms with Gasteiger partial charge >= 0.3 is 0 Å². The Morgan fingerprint density at radius 3 is 2.38 bits per heavy atom. The molecule has 0 spiro atoms. The van der Waals surface area contributed by atoms with E-state index in [1.54, 1.807) is 12.1 Å². The molecule has 0 heterocycles. The lowest BCUT2D eigenvalue weighted by molar-refractivity contribution is 0.410. The summed E-state index contributed by atoms with van der Waals surface area (Å²) in [6.07, 6.45) is 1.18. The second kappa shape index (κ2) is 3.38. The van der Waals surface area contributed by atoms with Crippen molar-refractivity contribution in [1.82, 2.24) is 0 Å². The van der Waals surface area contributed by atoms with Crippen LogP contribution >= 0.6 is 0 Å². The first-order valence-corrected chi connectivity index (χ1v) is 5.69. The molecule has 13 heavy (non-hydrogen) atoms. The van der Waals surface area contributed by atoms with E-state index < -0.39 is 9.84 Å². The Balaban J connectivity index is 3.30. The largest absolute Gasteiger partial charge is 0.496 e. The van der Waals surface area contributed by atoms with Crippen LogP contribution in [0.2, 0.25) is 0 Å². The van der Waals surface area contributed by atoms with Crippen molar-refractivity contribution in [2.75, 3.05) is 13.4 Å². The van der Waals surface area contributed by atoms with Crippen LogP contribution in [-0.4, -0.2) is 21.8 Å². The van der Waals surface area contributed by atoms with Gasteiger partial charge in [0.2, 0.25) is 0 Å². The maximum Gasteiger partial charge on any atom is 0.175 e. The van der Waals surface area contributed by atoms with Gasteiger partial charge < -0.3 is 4.74 Å². The van der Waals surface area contributed by atoms with E-state index in [2.05, 4.69) is 0 Å². The van der Waals surface area contributed by atoms with Crippen LogP contribution in [0.1, 0.15) is 5.56 Å². The van der Waals surface area contributed by atoms with E-state index in [0.717, 1.165) is 5.56 Å². The van der Waals surface area contributed by atoms with E-state index in [1.807, 2.05) is 6.92 Å². The number of hydrogen-bond acceptors (Lipinski definition) is 3. The van der Waals surface area contributed by atoms with E-state index in [9.17, 15) is 8.42 Å². The topological polar surface area (TPSA) is 43.4 Å². The molecular weight excluding hydrogens is 188 g/mol. The second-order valence-corrected chi connectivity index (χ2v) is 4.92. The summed E-state index contributed by atoms with van der Waals surface area (Å²) in [6, 6.07) is 4.84. The molecule has 0 N–H and O–H groups in total. The molecule has 0 aliphatic rings. The van der Waals surface area contributed by atoms with Gasteiger partial charge in [0, 0.05) is 6.26 Å². The van der Waals surface area contributed by atoms with Crippen molar-refractivity contribution in [2.24, 2.45) is 0 Å². The van der Waals surface area contributed by atoms with Crippen molar-refractivity contribution in [3.8, 4) is 5.75 Å². The molecule has 3 nitrogen and oxygen atoms in total. The molecule has 0 saturated heterocycles. The van der Waals surface area contributed by atoms with Crippen LogP contribution in [0, 0.1) is 6.92 Å². The summed E-state index contributed by atoms with van der Waals surface area (Å²) in [5.41, 5.74) is 0.926. The van der Waals surface area contributed by atoms with Crippen molar-refractivity contribution < 1.29 is 13.2 Å². The number of methoxy groups -OCH3 is 1. The summed E-state index contributed by atoms with van der Waals surface area (Å²) in [4.78, 5) is 0.287. The minimum atomic E-state index is -3.13. The third kappa shape index (κ3) is 2.21. The van der Waals surface area contributed by atoms with Gasteiger partial charge in [-0.25, -0.2) is 8.42 Å². The molecule has 0 aromatic heterocycles. The molecular formula is C9H12O3S. The summed E-state index contributed by atoms with van der Waals surface area (Å²) in [7, 11) is -1.61. The van der Waals surface area contributed by atoms with Crippen LogP contribution in [0.3, 0.4) is 0 Å². The average Bonchev–Trinajstić information content (AvgIpc) is 2.03. The third-order valence-electron chi connectivity index (χ3n) is 1.81. The molecule has 72 valence electrons. The zero-order valence-electron chi connectivity index (χ0n) is 7.87. The predicted molar refractivity (Wildman–Crippen MR) is 50.8 cm³/mol. The second-order valence-electron chi connectivity index (χ2n) is 2.90. The number of sulfone groups is 1. The van der Waals surface area contributed by atoms with Crippen molar-refractivity contribution in [3.05, 3.63) is 23.8 Å². The van der Waals surface area contributed by atoms with E-state index in [4.69, 9.17) is 4.74 Å². The van der Waals surface area contributed by atoms with E-state index in [0.29, 0.717) is 5.75 Å².